The van der Waals surface area contributed by atoms with Gasteiger partial charge < -0.3 is 28.4 Å². The Hall–Kier alpha value is -4.82. The monoisotopic (exact) mass is 598 g/mol. The Morgan fingerprint density at radius 2 is 0.700 bits per heavy atom. The van der Waals surface area contributed by atoms with Crippen molar-refractivity contribution in [3.05, 3.63) is 71.3 Å². The molecule has 3 aromatic rings. The van der Waals surface area contributed by atoms with E-state index in [0.717, 1.165) is 16.7 Å². The maximum absolute atomic E-state index is 6.10. The minimum Gasteiger partial charge on any atom is -0.489 e. The Morgan fingerprint density at radius 1 is 0.425 bits per heavy atom. The molecule has 0 heterocycles. The molecule has 7 heteroatoms. The molecule has 0 spiro atoms. The van der Waals surface area contributed by atoms with E-state index in [0.29, 0.717) is 39.8 Å². The predicted molar refractivity (Wildman–Crippen MR) is 158 cm³/mol. The molecule has 3 aromatic carbocycles. The molecule has 0 N–H and O–H groups in total. The van der Waals surface area contributed by atoms with Gasteiger partial charge in [-0.3, -0.25) is 0 Å². The van der Waals surface area contributed by atoms with Gasteiger partial charge in [0, 0.05) is 23.5 Å². The largest absolute Gasteiger partial charge is 0.489 e. The molecular weight excluding hydrogens is 572 g/mol. The third kappa shape index (κ3) is 9.81. The van der Waals surface area contributed by atoms with E-state index < -0.39 is 0 Å². The van der Waals surface area contributed by atoms with Crippen molar-refractivity contribution in [3.63, 3.8) is 0 Å². The lowest BCUT2D eigenvalue weighted by atomic mass is 10.2. The molecule has 0 saturated carbocycles. The van der Waals surface area contributed by atoms with Gasteiger partial charge in [0.1, 0.15) is 74.1 Å². The van der Waals surface area contributed by atoms with Gasteiger partial charge in [0.05, 0.1) is 0 Å². The zero-order valence-corrected chi connectivity index (χ0v) is 23.4. The van der Waals surface area contributed by atoms with E-state index in [9.17, 15) is 0 Å². The first kappa shape index (κ1) is 29.7. The highest BCUT2D eigenvalue weighted by molar-refractivity contribution is 9.08. The second kappa shape index (κ2) is 16.2. The summed E-state index contributed by atoms with van der Waals surface area (Å²) < 4.78 is 34.5. The lowest BCUT2D eigenvalue weighted by Gasteiger charge is -2.14. The molecular formula is C33H27BrO6. The highest BCUT2D eigenvalue weighted by Gasteiger charge is 2.09. The number of alkyl halides is 1. The number of benzene rings is 3. The molecule has 0 aliphatic rings. The van der Waals surface area contributed by atoms with Gasteiger partial charge >= 0.3 is 0 Å². The van der Waals surface area contributed by atoms with Crippen LogP contribution in [0.5, 0.6) is 34.5 Å². The van der Waals surface area contributed by atoms with Crippen LogP contribution in [-0.4, -0.2) is 26.4 Å². The standard InChI is InChI=1S/C33H27BrO6/c1-5-9-35-28-15-26(16-29(19-28)36-10-6-2)23-39-32-13-25(22-34)14-33(21-32)40-24-27-17-30(37-11-7-3)20-31(18-27)38-12-8-4/h1-4,13-21H,9-12,22-24H2. The van der Waals surface area contributed by atoms with Crippen molar-refractivity contribution >= 4 is 15.9 Å². The van der Waals surface area contributed by atoms with E-state index in [1.807, 2.05) is 42.5 Å². The van der Waals surface area contributed by atoms with Crippen LogP contribution >= 0.6 is 15.9 Å². The van der Waals surface area contributed by atoms with Crippen LogP contribution in [0.4, 0.5) is 0 Å². The topological polar surface area (TPSA) is 55.4 Å². The van der Waals surface area contributed by atoms with E-state index in [1.165, 1.54) is 0 Å². The van der Waals surface area contributed by atoms with Crippen LogP contribution in [0.25, 0.3) is 0 Å². The van der Waals surface area contributed by atoms with Crippen LogP contribution in [0.3, 0.4) is 0 Å². The molecule has 0 aromatic heterocycles. The van der Waals surface area contributed by atoms with Gasteiger partial charge in [-0.1, -0.05) is 39.6 Å². The fourth-order valence-electron chi connectivity index (χ4n) is 3.47. The van der Waals surface area contributed by atoms with Crippen LogP contribution in [0.2, 0.25) is 0 Å². The Kier molecular flexibility index (Phi) is 12.0. The van der Waals surface area contributed by atoms with Crippen molar-refractivity contribution in [1.82, 2.24) is 0 Å². The molecule has 40 heavy (non-hydrogen) atoms. The smallest absolute Gasteiger partial charge is 0.148 e. The van der Waals surface area contributed by atoms with Gasteiger partial charge in [0.2, 0.25) is 0 Å². The van der Waals surface area contributed by atoms with Crippen LogP contribution in [0.1, 0.15) is 16.7 Å². The Labute approximate surface area is 244 Å². The average molecular weight is 599 g/mol. The van der Waals surface area contributed by atoms with Crippen molar-refractivity contribution in [1.29, 1.82) is 0 Å². The second-order valence-corrected chi connectivity index (χ2v) is 8.68. The fourth-order valence-corrected chi connectivity index (χ4v) is 3.79. The van der Waals surface area contributed by atoms with Gasteiger partial charge in [0.25, 0.3) is 0 Å². The molecule has 0 aliphatic carbocycles. The van der Waals surface area contributed by atoms with Gasteiger partial charge in [0.15, 0.2) is 0 Å². The second-order valence-electron chi connectivity index (χ2n) is 8.12. The minimum absolute atomic E-state index is 0.128. The van der Waals surface area contributed by atoms with E-state index in [1.54, 1.807) is 12.1 Å². The predicted octanol–water partition coefficient (Wildman–Crippen LogP) is 5.79. The quantitative estimate of drug-likeness (QED) is 0.163. The zero-order valence-electron chi connectivity index (χ0n) is 21.8. The maximum atomic E-state index is 6.10. The number of hydrogen-bond donors (Lipinski definition) is 0. The lowest BCUT2D eigenvalue weighted by Crippen LogP contribution is -2.02. The Balaban J connectivity index is 1.75. The highest BCUT2D eigenvalue weighted by atomic mass is 79.9. The SMILES string of the molecule is C#CCOc1cc(COc2cc(CBr)cc(OCc3cc(OCC#C)cc(OCC#C)c3)c2)cc(OCC#C)c1. The van der Waals surface area contributed by atoms with Crippen molar-refractivity contribution in [2.75, 3.05) is 26.4 Å². The lowest BCUT2D eigenvalue weighted by molar-refractivity contribution is 0.286. The van der Waals surface area contributed by atoms with Gasteiger partial charge in [-0.2, -0.15) is 0 Å². The maximum Gasteiger partial charge on any atom is 0.148 e. The van der Waals surface area contributed by atoms with E-state index >= 15 is 0 Å². The number of terminal acetylenes is 4. The summed E-state index contributed by atoms with van der Waals surface area (Å²) in [7, 11) is 0. The molecule has 0 atom stereocenters. The van der Waals surface area contributed by atoms with E-state index in [2.05, 4.69) is 39.6 Å². The average Bonchev–Trinajstić information content (AvgIpc) is 2.98. The molecule has 0 saturated heterocycles. The van der Waals surface area contributed by atoms with Crippen LogP contribution in [-0.2, 0) is 18.5 Å². The third-order valence-electron chi connectivity index (χ3n) is 5.07. The number of rotatable bonds is 15. The minimum atomic E-state index is 0.128. The van der Waals surface area contributed by atoms with E-state index in [-0.39, 0.29) is 39.6 Å². The fraction of sp³-hybridized carbons (Fsp3) is 0.212. The molecule has 0 amide bonds. The first-order valence-electron chi connectivity index (χ1n) is 12.0. The number of hydrogen-bond acceptors (Lipinski definition) is 6. The molecule has 3 rings (SSSR count). The van der Waals surface area contributed by atoms with Crippen molar-refractivity contribution in [3.8, 4) is 83.9 Å². The van der Waals surface area contributed by atoms with Crippen LogP contribution < -0.4 is 28.4 Å². The van der Waals surface area contributed by atoms with Crippen molar-refractivity contribution < 1.29 is 28.4 Å². The Bertz CT molecular complexity index is 1270. The number of halogens is 1. The zero-order chi connectivity index (χ0) is 28.6. The van der Waals surface area contributed by atoms with Gasteiger partial charge in [-0.15, -0.1) is 25.7 Å². The summed E-state index contributed by atoms with van der Waals surface area (Å²) >= 11 is 3.51. The summed E-state index contributed by atoms with van der Waals surface area (Å²) in [5.74, 6) is 13.3. The molecule has 0 fully saturated rings. The summed E-state index contributed by atoms with van der Waals surface area (Å²) in [6, 6.07) is 16.5. The van der Waals surface area contributed by atoms with Gasteiger partial charge in [-0.05, 0) is 53.1 Å². The first-order chi connectivity index (χ1) is 19.6. The highest BCUT2D eigenvalue weighted by Crippen LogP contribution is 2.29. The summed E-state index contributed by atoms with van der Waals surface area (Å²) in [4.78, 5) is 0. The summed E-state index contributed by atoms with van der Waals surface area (Å²) in [6.07, 6.45) is 21.3. The van der Waals surface area contributed by atoms with Crippen LogP contribution in [0.15, 0.2) is 54.6 Å². The molecule has 0 radical (unpaired) electrons. The molecule has 202 valence electrons. The Morgan fingerprint density at radius 3 is 0.975 bits per heavy atom. The summed E-state index contributed by atoms with van der Waals surface area (Å²) in [5.41, 5.74) is 2.61. The number of ether oxygens (including phenoxy) is 6. The summed E-state index contributed by atoms with van der Waals surface area (Å²) in [6.45, 7) is 1.00. The van der Waals surface area contributed by atoms with Crippen molar-refractivity contribution in [2.24, 2.45) is 0 Å². The molecule has 6 nitrogen and oxygen atoms in total. The van der Waals surface area contributed by atoms with Gasteiger partial charge in [-0.25, -0.2) is 0 Å². The first-order valence-corrected chi connectivity index (χ1v) is 13.2. The van der Waals surface area contributed by atoms with Crippen molar-refractivity contribution in [2.45, 2.75) is 18.5 Å². The summed E-state index contributed by atoms with van der Waals surface area (Å²) in [5, 5.41) is 0.611. The van der Waals surface area contributed by atoms with E-state index in [4.69, 9.17) is 54.1 Å². The molecule has 0 aliphatic heterocycles. The third-order valence-corrected chi connectivity index (χ3v) is 5.72. The molecule has 0 unspecified atom stereocenters. The van der Waals surface area contributed by atoms with Crippen LogP contribution in [0, 0.1) is 49.4 Å². The normalized spacial score (nSPS) is 9.72. The molecule has 0 bridgehead atoms.